The minimum atomic E-state index is -0.673. The number of anilines is 1. The van der Waals surface area contributed by atoms with E-state index in [0.717, 1.165) is 24.8 Å². The zero-order valence-electron chi connectivity index (χ0n) is 18.8. The number of carbonyl (C=O) groups is 2. The van der Waals surface area contributed by atoms with E-state index in [0.29, 0.717) is 29.5 Å². The summed E-state index contributed by atoms with van der Waals surface area (Å²) in [4.78, 5) is 25.9. The van der Waals surface area contributed by atoms with Crippen LogP contribution < -0.4 is 5.32 Å². The third kappa shape index (κ3) is 4.09. The molecule has 1 aromatic heterocycles. The normalized spacial score (nSPS) is 16.6. The van der Waals surface area contributed by atoms with E-state index in [1.807, 2.05) is 16.8 Å². The van der Waals surface area contributed by atoms with Crippen LogP contribution in [0, 0.1) is 5.82 Å². The highest BCUT2D eigenvalue weighted by Crippen LogP contribution is 2.49. The summed E-state index contributed by atoms with van der Waals surface area (Å²) in [7, 11) is 0. The lowest BCUT2D eigenvalue weighted by Crippen LogP contribution is -2.28. The SMILES string of the molecule is CCOC(=O)c1cc(NC(=O)C2(c3ccc(Cl)cc3)CC2)cc(F)c1-c1cnn(C2CCC2)c1. The molecule has 176 valence electrons. The second-order valence-electron chi connectivity index (χ2n) is 8.94. The van der Waals surface area contributed by atoms with Crippen molar-refractivity contribution in [3.8, 4) is 11.1 Å². The number of ether oxygens (including phenoxy) is 1. The van der Waals surface area contributed by atoms with Crippen LogP contribution in [0.4, 0.5) is 10.1 Å². The van der Waals surface area contributed by atoms with E-state index in [1.54, 1.807) is 31.5 Å². The van der Waals surface area contributed by atoms with Crippen LogP contribution >= 0.6 is 11.6 Å². The van der Waals surface area contributed by atoms with E-state index in [2.05, 4.69) is 10.4 Å². The van der Waals surface area contributed by atoms with E-state index in [9.17, 15) is 9.59 Å². The van der Waals surface area contributed by atoms with Gasteiger partial charge < -0.3 is 10.1 Å². The molecule has 8 heteroatoms. The summed E-state index contributed by atoms with van der Waals surface area (Å²) in [5, 5.41) is 7.78. The molecule has 2 aliphatic carbocycles. The molecule has 0 atom stereocenters. The topological polar surface area (TPSA) is 73.2 Å². The van der Waals surface area contributed by atoms with Gasteiger partial charge in [0.15, 0.2) is 0 Å². The van der Waals surface area contributed by atoms with Gasteiger partial charge in [-0.3, -0.25) is 9.48 Å². The molecule has 2 aromatic carbocycles. The minimum absolute atomic E-state index is 0.0571. The summed E-state index contributed by atoms with van der Waals surface area (Å²) >= 11 is 5.99. The number of carbonyl (C=O) groups excluding carboxylic acids is 2. The highest BCUT2D eigenvalue weighted by atomic mass is 35.5. The van der Waals surface area contributed by atoms with Crippen LogP contribution in [-0.4, -0.2) is 28.3 Å². The number of aromatic nitrogens is 2. The number of hydrogen-bond acceptors (Lipinski definition) is 4. The summed E-state index contributed by atoms with van der Waals surface area (Å²) in [6, 6.07) is 10.2. The van der Waals surface area contributed by atoms with Crippen LogP contribution in [0.3, 0.4) is 0 Å². The molecule has 0 radical (unpaired) electrons. The Balaban J connectivity index is 1.46. The van der Waals surface area contributed by atoms with Gasteiger partial charge >= 0.3 is 5.97 Å². The zero-order chi connectivity index (χ0) is 23.9. The lowest BCUT2D eigenvalue weighted by molar-refractivity contribution is -0.118. The fourth-order valence-corrected chi connectivity index (χ4v) is 4.58. The standard InChI is InChI=1S/C26H25ClFN3O3/c1-2-34-24(32)21-12-19(30-25(33)26(10-11-26)17-6-8-18(27)9-7-17)13-22(28)23(21)16-14-29-31(15-16)20-4-3-5-20/h6-9,12-15,20H,2-5,10-11H2,1H3,(H,30,33). The summed E-state index contributed by atoms with van der Waals surface area (Å²) in [6.45, 7) is 1.84. The molecule has 1 amide bonds. The minimum Gasteiger partial charge on any atom is -0.462 e. The van der Waals surface area contributed by atoms with Gasteiger partial charge in [0.1, 0.15) is 5.82 Å². The number of hydrogen-bond donors (Lipinski definition) is 1. The van der Waals surface area contributed by atoms with Crippen LogP contribution in [0.1, 0.15) is 61.0 Å². The molecule has 0 unspecified atom stereocenters. The molecule has 5 rings (SSSR count). The van der Waals surface area contributed by atoms with Crippen molar-refractivity contribution in [2.75, 3.05) is 11.9 Å². The van der Waals surface area contributed by atoms with Crippen LogP contribution in [0.15, 0.2) is 48.8 Å². The molecular formula is C26H25ClFN3O3. The second-order valence-corrected chi connectivity index (χ2v) is 9.37. The number of esters is 1. The summed E-state index contributed by atoms with van der Waals surface area (Å²) < 4.78 is 22.4. The number of benzene rings is 2. The molecule has 1 heterocycles. The molecule has 0 bridgehead atoms. The molecule has 0 saturated heterocycles. The largest absolute Gasteiger partial charge is 0.462 e. The van der Waals surface area contributed by atoms with E-state index in [4.69, 9.17) is 16.3 Å². The Labute approximate surface area is 202 Å². The molecule has 0 aliphatic heterocycles. The lowest BCUT2D eigenvalue weighted by Gasteiger charge is -2.25. The Morgan fingerprint density at radius 3 is 2.59 bits per heavy atom. The van der Waals surface area contributed by atoms with E-state index in [-0.39, 0.29) is 29.3 Å². The summed E-state index contributed by atoms with van der Waals surface area (Å²) in [5.74, 6) is -1.51. The van der Waals surface area contributed by atoms with Gasteiger partial charge in [0.05, 0.1) is 29.8 Å². The third-order valence-electron chi connectivity index (χ3n) is 6.76. The zero-order valence-corrected chi connectivity index (χ0v) is 19.6. The van der Waals surface area contributed by atoms with E-state index < -0.39 is 17.2 Å². The average Bonchev–Trinajstić information content (AvgIpc) is 3.46. The molecule has 2 saturated carbocycles. The van der Waals surface area contributed by atoms with Gasteiger partial charge in [-0.2, -0.15) is 5.10 Å². The molecular weight excluding hydrogens is 457 g/mol. The summed E-state index contributed by atoms with van der Waals surface area (Å²) in [6.07, 6.45) is 7.93. The van der Waals surface area contributed by atoms with Crippen LogP contribution in [0.5, 0.6) is 0 Å². The Morgan fingerprint density at radius 2 is 1.97 bits per heavy atom. The Hall–Kier alpha value is -3.19. The van der Waals surface area contributed by atoms with Crippen molar-refractivity contribution < 1.29 is 18.7 Å². The van der Waals surface area contributed by atoms with Gasteiger partial charge in [0.25, 0.3) is 0 Å². The van der Waals surface area contributed by atoms with Crippen LogP contribution in [-0.2, 0) is 14.9 Å². The predicted molar refractivity (Wildman–Crippen MR) is 127 cm³/mol. The highest BCUT2D eigenvalue weighted by molar-refractivity contribution is 6.30. The van der Waals surface area contributed by atoms with Crippen molar-refractivity contribution in [3.63, 3.8) is 0 Å². The Kier molecular flexibility index (Phi) is 5.90. The fraction of sp³-hybridized carbons (Fsp3) is 0.346. The first kappa shape index (κ1) is 22.6. The first-order valence-corrected chi connectivity index (χ1v) is 11.9. The van der Waals surface area contributed by atoms with Gasteiger partial charge in [0, 0.05) is 28.0 Å². The third-order valence-corrected chi connectivity index (χ3v) is 7.02. The van der Waals surface area contributed by atoms with Gasteiger partial charge in [-0.15, -0.1) is 0 Å². The maximum atomic E-state index is 15.4. The Morgan fingerprint density at radius 1 is 1.24 bits per heavy atom. The average molecular weight is 482 g/mol. The number of amides is 1. The van der Waals surface area contributed by atoms with E-state index >= 15 is 4.39 Å². The molecule has 2 fully saturated rings. The van der Waals surface area contributed by atoms with E-state index in [1.165, 1.54) is 12.1 Å². The lowest BCUT2D eigenvalue weighted by atomic mass is 9.93. The number of rotatable bonds is 7. The molecule has 6 nitrogen and oxygen atoms in total. The number of halogens is 2. The van der Waals surface area contributed by atoms with Crippen molar-refractivity contribution in [2.45, 2.75) is 50.5 Å². The van der Waals surface area contributed by atoms with Crippen molar-refractivity contribution >= 4 is 29.2 Å². The van der Waals surface area contributed by atoms with Crippen molar-refractivity contribution in [1.29, 1.82) is 0 Å². The molecule has 0 spiro atoms. The summed E-state index contributed by atoms with van der Waals surface area (Å²) in [5.41, 5.74) is 1.09. The van der Waals surface area contributed by atoms with Gasteiger partial charge in [0.2, 0.25) is 5.91 Å². The Bertz CT molecular complexity index is 1250. The van der Waals surface area contributed by atoms with Crippen molar-refractivity contribution in [2.24, 2.45) is 0 Å². The molecule has 3 aromatic rings. The second kappa shape index (κ2) is 8.87. The van der Waals surface area contributed by atoms with Crippen LogP contribution in [0.25, 0.3) is 11.1 Å². The smallest absolute Gasteiger partial charge is 0.338 e. The predicted octanol–water partition coefficient (Wildman–Crippen LogP) is 5.91. The molecule has 1 N–H and O–H groups in total. The van der Waals surface area contributed by atoms with Crippen LogP contribution in [0.2, 0.25) is 5.02 Å². The number of nitrogens with zero attached hydrogens (tertiary/aromatic N) is 2. The molecule has 34 heavy (non-hydrogen) atoms. The van der Waals surface area contributed by atoms with Crippen molar-refractivity contribution in [1.82, 2.24) is 9.78 Å². The highest BCUT2D eigenvalue weighted by Gasteiger charge is 2.51. The first-order valence-electron chi connectivity index (χ1n) is 11.5. The first-order chi connectivity index (χ1) is 16.4. The maximum absolute atomic E-state index is 15.4. The fourth-order valence-electron chi connectivity index (χ4n) is 4.45. The number of nitrogens with one attached hydrogen (secondary N) is 1. The molecule has 2 aliphatic rings. The quantitative estimate of drug-likeness (QED) is 0.425. The van der Waals surface area contributed by atoms with Crippen molar-refractivity contribution in [3.05, 3.63) is 70.8 Å². The van der Waals surface area contributed by atoms with Gasteiger partial charge in [-0.1, -0.05) is 23.7 Å². The van der Waals surface area contributed by atoms with Gasteiger partial charge in [-0.05, 0) is 68.9 Å². The maximum Gasteiger partial charge on any atom is 0.338 e. The monoisotopic (exact) mass is 481 g/mol. The van der Waals surface area contributed by atoms with Gasteiger partial charge in [-0.25, -0.2) is 9.18 Å².